The lowest BCUT2D eigenvalue weighted by molar-refractivity contribution is -0.254. The van der Waals surface area contributed by atoms with E-state index in [9.17, 15) is 24.0 Å². The molecule has 41 heavy (non-hydrogen) atoms. The molecule has 2 saturated carbocycles. The molecule has 0 aromatic heterocycles. The van der Waals surface area contributed by atoms with Gasteiger partial charge in [-0.2, -0.15) is 0 Å². The third kappa shape index (κ3) is 3.50. The summed E-state index contributed by atoms with van der Waals surface area (Å²) in [7, 11) is 0. The molecule has 6 rings (SSSR count). The highest BCUT2D eigenvalue weighted by Gasteiger charge is 2.88. The number of carbonyl (C=O) groups is 5. The first-order valence-corrected chi connectivity index (χ1v) is 14.1. The first-order chi connectivity index (χ1) is 19.0. The molecule has 222 valence electrons. The van der Waals surface area contributed by atoms with Crippen molar-refractivity contribution in [2.24, 2.45) is 28.1 Å². The second kappa shape index (κ2) is 8.42. The highest BCUT2D eigenvalue weighted by molar-refractivity contribution is 5.88. The van der Waals surface area contributed by atoms with E-state index in [1.807, 2.05) is 33.8 Å². The summed E-state index contributed by atoms with van der Waals surface area (Å²) < 4.78 is 34.9. The molecule has 0 aromatic carbocycles. The molecule has 0 aromatic rings. The SMILES string of the molecule is CC(=O)O[C@@H]1OC(=O)C=C1[C@@H]1OC(=O)[C@H]2O[C@]23[C@]2(C)[C@@H](OC(C)=O)C[C@H]4C(C)(C)OC(=O)C=C[C@]4(C)[C@@H]2CC[C@@]13C. The summed E-state index contributed by atoms with van der Waals surface area (Å²) in [4.78, 5) is 62.9. The standard InChI is InChI=1S/C30H36O11/c1-14(31)36-19-13-18-26(3,4)40-20(33)9-10-27(18,5)17-8-11-28(6)22(16-12-21(34)38-25(16)37-15(2)32)39-24(35)23-30(28,41-23)29(17,19)7/h9-10,12,17-19,22-23,25H,8,11,13H2,1-7H3/t17-,18-,19-,22-,23+,25+,27+,28-,29-,30+/m0/s1. The summed E-state index contributed by atoms with van der Waals surface area (Å²) in [5.41, 5.74) is -4.21. The van der Waals surface area contributed by atoms with Crippen LogP contribution in [0, 0.1) is 28.1 Å². The van der Waals surface area contributed by atoms with E-state index in [2.05, 4.69) is 6.92 Å². The topological polar surface area (TPSA) is 144 Å². The van der Waals surface area contributed by atoms with Crippen molar-refractivity contribution in [1.29, 1.82) is 0 Å². The van der Waals surface area contributed by atoms with Gasteiger partial charge in [0.2, 0.25) is 0 Å². The van der Waals surface area contributed by atoms with E-state index in [-0.39, 0.29) is 17.4 Å². The number of epoxide rings is 1. The minimum atomic E-state index is -1.33. The Morgan fingerprint density at radius 1 is 0.902 bits per heavy atom. The first kappa shape index (κ1) is 27.9. The third-order valence-electron chi connectivity index (χ3n) is 11.0. The quantitative estimate of drug-likeness (QED) is 0.280. The number of cyclic esters (lactones) is 3. The van der Waals surface area contributed by atoms with Gasteiger partial charge in [0, 0.05) is 42.7 Å². The van der Waals surface area contributed by atoms with Gasteiger partial charge >= 0.3 is 29.8 Å². The van der Waals surface area contributed by atoms with Gasteiger partial charge in [0.15, 0.2) is 6.10 Å². The highest BCUT2D eigenvalue weighted by Crippen LogP contribution is 2.78. The lowest BCUT2D eigenvalue weighted by atomic mass is 9.37. The van der Waals surface area contributed by atoms with Gasteiger partial charge < -0.3 is 28.4 Å². The van der Waals surface area contributed by atoms with Crippen LogP contribution in [0.4, 0.5) is 0 Å². The van der Waals surface area contributed by atoms with Crippen LogP contribution in [0.1, 0.15) is 67.7 Å². The Kier molecular flexibility index (Phi) is 5.74. The lowest BCUT2D eigenvalue weighted by Gasteiger charge is -2.67. The molecule has 1 spiro atoms. The summed E-state index contributed by atoms with van der Waals surface area (Å²) in [6, 6.07) is 0. The molecule has 0 amide bonds. The summed E-state index contributed by atoms with van der Waals surface area (Å²) in [6.45, 7) is 12.4. The third-order valence-corrected chi connectivity index (χ3v) is 11.0. The van der Waals surface area contributed by atoms with E-state index in [0.29, 0.717) is 19.3 Å². The maximum absolute atomic E-state index is 13.5. The molecule has 11 nitrogen and oxygen atoms in total. The number of rotatable bonds is 3. The van der Waals surface area contributed by atoms with E-state index in [1.165, 1.54) is 26.0 Å². The Morgan fingerprint density at radius 3 is 2.24 bits per heavy atom. The van der Waals surface area contributed by atoms with Crippen molar-refractivity contribution in [3.05, 3.63) is 23.8 Å². The van der Waals surface area contributed by atoms with E-state index in [1.54, 1.807) is 0 Å². The van der Waals surface area contributed by atoms with Crippen LogP contribution in [0.3, 0.4) is 0 Å². The minimum Gasteiger partial charge on any atom is -0.462 e. The van der Waals surface area contributed by atoms with Gasteiger partial charge in [-0.3, -0.25) is 9.59 Å². The molecular weight excluding hydrogens is 536 g/mol. The average molecular weight is 573 g/mol. The van der Waals surface area contributed by atoms with Crippen molar-refractivity contribution in [3.8, 4) is 0 Å². The second-order valence-corrected chi connectivity index (χ2v) is 13.5. The van der Waals surface area contributed by atoms with E-state index >= 15 is 0 Å². The largest absolute Gasteiger partial charge is 0.462 e. The molecule has 2 aliphatic carbocycles. The summed E-state index contributed by atoms with van der Waals surface area (Å²) in [6.07, 6.45) is 2.10. The van der Waals surface area contributed by atoms with Gasteiger partial charge in [-0.05, 0) is 44.4 Å². The van der Waals surface area contributed by atoms with Gasteiger partial charge in [0.1, 0.15) is 23.4 Å². The number of hydrogen-bond donors (Lipinski definition) is 0. The molecule has 4 aliphatic heterocycles. The van der Waals surface area contributed by atoms with Crippen molar-refractivity contribution >= 4 is 29.8 Å². The van der Waals surface area contributed by atoms with Crippen molar-refractivity contribution in [2.75, 3.05) is 0 Å². The van der Waals surface area contributed by atoms with E-state index < -0.39 is 81.9 Å². The molecule has 2 saturated heterocycles. The van der Waals surface area contributed by atoms with Crippen molar-refractivity contribution in [2.45, 2.75) is 104 Å². The maximum atomic E-state index is 13.5. The smallest absolute Gasteiger partial charge is 0.339 e. The number of esters is 5. The van der Waals surface area contributed by atoms with Gasteiger partial charge in [0.05, 0.1) is 5.57 Å². The first-order valence-electron chi connectivity index (χ1n) is 14.1. The summed E-state index contributed by atoms with van der Waals surface area (Å²) in [5.74, 6) is -3.30. The number of hydrogen-bond acceptors (Lipinski definition) is 11. The molecule has 10 atom stereocenters. The monoisotopic (exact) mass is 572 g/mol. The van der Waals surface area contributed by atoms with Gasteiger partial charge in [-0.15, -0.1) is 0 Å². The summed E-state index contributed by atoms with van der Waals surface area (Å²) in [5, 5.41) is 0. The number of allylic oxidation sites excluding steroid dienone is 1. The zero-order valence-electron chi connectivity index (χ0n) is 24.3. The van der Waals surface area contributed by atoms with Crippen LogP contribution in [0.25, 0.3) is 0 Å². The fourth-order valence-corrected chi connectivity index (χ4v) is 9.56. The summed E-state index contributed by atoms with van der Waals surface area (Å²) >= 11 is 0. The van der Waals surface area contributed by atoms with Gasteiger partial charge in [0.25, 0.3) is 6.29 Å². The van der Waals surface area contributed by atoms with Crippen LogP contribution in [0.2, 0.25) is 0 Å². The molecule has 0 bridgehead atoms. The van der Waals surface area contributed by atoms with E-state index in [0.717, 1.165) is 0 Å². The average Bonchev–Trinajstić information content (AvgIpc) is 3.55. The molecule has 4 heterocycles. The van der Waals surface area contributed by atoms with Crippen LogP contribution >= 0.6 is 0 Å². The van der Waals surface area contributed by atoms with Crippen LogP contribution in [-0.4, -0.2) is 65.7 Å². The van der Waals surface area contributed by atoms with Crippen LogP contribution < -0.4 is 0 Å². The van der Waals surface area contributed by atoms with Crippen molar-refractivity contribution < 1.29 is 52.4 Å². The second-order valence-electron chi connectivity index (χ2n) is 13.5. The molecule has 0 unspecified atom stereocenters. The number of ether oxygens (including phenoxy) is 6. The fourth-order valence-electron chi connectivity index (χ4n) is 9.56. The molecule has 4 fully saturated rings. The Labute approximate surface area is 237 Å². The molecule has 6 aliphatic rings. The van der Waals surface area contributed by atoms with Gasteiger partial charge in [-0.25, -0.2) is 14.4 Å². The van der Waals surface area contributed by atoms with Crippen LogP contribution in [0.15, 0.2) is 23.8 Å². The zero-order valence-corrected chi connectivity index (χ0v) is 24.3. The Morgan fingerprint density at radius 2 is 1.59 bits per heavy atom. The molecule has 0 radical (unpaired) electrons. The maximum Gasteiger partial charge on any atom is 0.339 e. The number of carbonyl (C=O) groups excluding carboxylic acids is 5. The Balaban J connectivity index is 1.52. The zero-order chi connectivity index (χ0) is 29.9. The number of fused-ring (bicyclic) bond motifs is 3. The van der Waals surface area contributed by atoms with Crippen molar-refractivity contribution in [1.82, 2.24) is 0 Å². The Bertz CT molecular complexity index is 1330. The minimum absolute atomic E-state index is 0.201. The fraction of sp³-hybridized carbons (Fsp3) is 0.700. The highest BCUT2D eigenvalue weighted by atomic mass is 16.7. The van der Waals surface area contributed by atoms with Crippen LogP contribution in [0.5, 0.6) is 0 Å². The molecule has 0 N–H and O–H groups in total. The normalized spacial score (nSPS) is 47.1. The Hall–Kier alpha value is -3.21. The molecular formula is C30H36O11. The van der Waals surface area contributed by atoms with Gasteiger partial charge in [-0.1, -0.05) is 26.8 Å². The lowest BCUT2D eigenvalue weighted by Crippen LogP contribution is -2.74. The predicted molar refractivity (Wildman–Crippen MR) is 137 cm³/mol. The van der Waals surface area contributed by atoms with Crippen molar-refractivity contribution in [3.63, 3.8) is 0 Å². The predicted octanol–water partition coefficient (Wildman–Crippen LogP) is 2.69. The van der Waals surface area contributed by atoms with E-state index in [4.69, 9.17) is 28.4 Å². The van der Waals surface area contributed by atoms with Crippen LogP contribution in [-0.2, 0) is 52.4 Å². The molecule has 11 heteroatoms.